The van der Waals surface area contributed by atoms with Crippen molar-refractivity contribution in [2.45, 2.75) is 12.8 Å². The van der Waals surface area contributed by atoms with Crippen LogP contribution in [0.1, 0.15) is 23.4 Å². The number of fused-ring (bicyclic) bond motifs is 1. The number of carbonyl (C=O) groups is 2. The van der Waals surface area contributed by atoms with Crippen molar-refractivity contribution in [3.8, 4) is 0 Å². The molecule has 0 saturated carbocycles. The number of para-hydroxylation sites is 1. The highest BCUT2D eigenvalue weighted by Crippen LogP contribution is 2.28. The van der Waals surface area contributed by atoms with Crippen molar-refractivity contribution in [3.05, 3.63) is 34.5 Å². The van der Waals surface area contributed by atoms with Gasteiger partial charge in [-0.05, 0) is 40.9 Å². The van der Waals surface area contributed by atoms with Crippen LogP contribution in [-0.2, 0) is 4.79 Å². The minimum Gasteiger partial charge on any atom is -0.481 e. The predicted octanol–water partition coefficient (Wildman–Crippen LogP) is 3.13. The lowest BCUT2D eigenvalue weighted by Gasteiger charge is -2.29. The molecule has 3 rings (SSSR count). The standard InChI is InChI=1S/C15H14BrNO4/c16-11-5-1-3-9-7-12(21-13(9)11)14(18)17-6-2-4-10(8-17)15(19)20/h1,3,5,7,10H,2,4,6,8H2,(H,19,20). The molecule has 2 heterocycles. The molecular formula is C15H14BrNO4. The molecule has 1 aliphatic heterocycles. The number of aliphatic carboxylic acids is 1. The van der Waals surface area contributed by atoms with E-state index in [0.717, 1.165) is 9.86 Å². The number of likely N-dealkylation sites (tertiary alicyclic amines) is 1. The number of furan rings is 1. The molecule has 1 aromatic carbocycles. The van der Waals surface area contributed by atoms with Gasteiger partial charge in [0.05, 0.1) is 10.4 Å². The van der Waals surface area contributed by atoms with Gasteiger partial charge in [0, 0.05) is 18.5 Å². The first kappa shape index (κ1) is 14.1. The van der Waals surface area contributed by atoms with Gasteiger partial charge in [-0.25, -0.2) is 0 Å². The van der Waals surface area contributed by atoms with E-state index in [2.05, 4.69) is 15.9 Å². The van der Waals surface area contributed by atoms with Crippen LogP contribution >= 0.6 is 15.9 Å². The Balaban J connectivity index is 1.86. The second-order valence-electron chi connectivity index (χ2n) is 5.20. The summed E-state index contributed by atoms with van der Waals surface area (Å²) in [5, 5.41) is 9.94. The number of hydrogen-bond donors (Lipinski definition) is 1. The highest BCUT2D eigenvalue weighted by Gasteiger charge is 2.30. The summed E-state index contributed by atoms with van der Waals surface area (Å²) in [7, 11) is 0. The van der Waals surface area contributed by atoms with E-state index in [1.165, 1.54) is 0 Å². The molecule has 0 spiro atoms. The van der Waals surface area contributed by atoms with Gasteiger partial charge in [0.1, 0.15) is 5.58 Å². The molecule has 2 aromatic rings. The first-order valence-electron chi connectivity index (χ1n) is 6.76. The lowest BCUT2D eigenvalue weighted by molar-refractivity contribution is -0.143. The van der Waals surface area contributed by atoms with Crippen LogP contribution in [0.5, 0.6) is 0 Å². The zero-order valence-electron chi connectivity index (χ0n) is 11.2. The Hall–Kier alpha value is -1.82. The van der Waals surface area contributed by atoms with Crippen molar-refractivity contribution in [2.75, 3.05) is 13.1 Å². The van der Waals surface area contributed by atoms with E-state index in [1.54, 1.807) is 11.0 Å². The molecule has 21 heavy (non-hydrogen) atoms. The Morgan fingerprint density at radius 3 is 2.90 bits per heavy atom. The first-order valence-corrected chi connectivity index (χ1v) is 7.55. The van der Waals surface area contributed by atoms with E-state index in [-0.39, 0.29) is 18.2 Å². The number of benzene rings is 1. The Kier molecular flexibility index (Phi) is 3.71. The third-order valence-electron chi connectivity index (χ3n) is 3.76. The molecule has 1 aromatic heterocycles. The zero-order chi connectivity index (χ0) is 15.0. The van der Waals surface area contributed by atoms with E-state index in [0.29, 0.717) is 25.0 Å². The van der Waals surface area contributed by atoms with Gasteiger partial charge in [-0.15, -0.1) is 0 Å². The summed E-state index contributed by atoms with van der Waals surface area (Å²) in [4.78, 5) is 25.1. The molecule has 1 N–H and O–H groups in total. The fourth-order valence-electron chi connectivity index (χ4n) is 2.65. The molecule has 0 aliphatic carbocycles. The topological polar surface area (TPSA) is 70.8 Å². The van der Waals surface area contributed by atoms with E-state index >= 15 is 0 Å². The second kappa shape index (κ2) is 5.52. The lowest BCUT2D eigenvalue weighted by atomic mass is 9.98. The van der Waals surface area contributed by atoms with Gasteiger partial charge in [0.25, 0.3) is 5.91 Å². The second-order valence-corrected chi connectivity index (χ2v) is 6.05. The first-order chi connectivity index (χ1) is 10.1. The van der Waals surface area contributed by atoms with Gasteiger partial charge >= 0.3 is 5.97 Å². The Bertz CT molecular complexity index is 709. The highest BCUT2D eigenvalue weighted by molar-refractivity contribution is 9.10. The largest absolute Gasteiger partial charge is 0.481 e. The average molecular weight is 352 g/mol. The SMILES string of the molecule is O=C(O)C1CCCN(C(=O)c2cc3cccc(Br)c3o2)C1. The van der Waals surface area contributed by atoms with Crippen LogP contribution in [0.3, 0.4) is 0 Å². The molecule has 5 nitrogen and oxygen atoms in total. The van der Waals surface area contributed by atoms with Crippen molar-refractivity contribution in [2.24, 2.45) is 5.92 Å². The Morgan fingerprint density at radius 2 is 2.19 bits per heavy atom. The molecule has 1 amide bonds. The quantitative estimate of drug-likeness (QED) is 0.902. The van der Waals surface area contributed by atoms with E-state index in [4.69, 9.17) is 9.52 Å². The van der Waals surface area contributed by atoms with Crippen molar-refractivity contribution >= 4 is 38.8 Å². The maximum absolute atomic E-state index is 12.5. The summed E-state index contributed by atoms with van der Waals surface area (Å²) < 4.78 is 6.42. The van der Waals surface area contributed by atoms with Gasteiger partial charge in [-0.2, -0.15) is 0 Å². The van der Waals surface area contributed by atoms with Crippen molar-refractivity contribution in [1.82, 2.24) is 4.90 Å². The molecule has 6 heteroatoms. The Labute approximate surface area is 129 Å². The third-order valence-corrected chi connectivity index (χ3v) is 4.39. The van der Waals surface area contributed by atoms with E-state index in [9.17, 15) is 9.59 Å². The van der Waals surface area contributed by atoms with E-state index < -0.39 is 11.9 Å². The predicted molar refractivity (Wildman–Crippen MR) is 80.2 cm³/mol. The summed E-state index contributed by atoms with van der Waals surface area (Å²) in [6.07, 6.45) is 1.32. The van der Waals surface area contributed by atoms with Crippen LogP contribution in [0.15, 0.2) is 33.2 Å². The molecule has 110 valence electrons. The number of carboxylic acid groups (broad SMARTS) is 1. The minimum absolute atomic E-state index is 0.242. The fourth-order valence-corrected chi connectivity index (χ4v) is 3.11. The number of carbonyl (C=O) groups excluding carboxylic acids is 1. The van der Waals surface area contributed by atoms with Crippen LogP contribution in [0.2, 0.25) is 0 Å². The average Bonchev–Trinajstić information content (AvgIpc) is 2.92. The van der Waals surface area contributed by atoms with Gasteiger partial charge in [0.2, 0.25) is 0 Å². The van der Waals surface area contributed by atoms with Crippen LogP contribution in [0, 0.1) is 5.92 Å². The van der Waals surface area contributed by atoms with Gasteiger partial charge in [0.15, 0.2) is 5.76 Å². The number of carboxylic acids is 1. The summed E-state index contributed by atoms with van der Waals surface area (Å²) in [5.41, 5.74) is 0.632. The van der Waals surface area contributed by atoms with Crippen molar-refractivity contribution in [3.63, 3.8) is 0 Å². The van der Waals surface area contributed by atoms with Crippen LogP contribution in [0.25, 0.3) is 11.0 Å². The van der Waals surface area contributed by atoms with Crippen molar-refractivity contribution in [1.29, 1.82) is 0 Å². The van der Waals surface area contributed by atoms with Crippen LogP contribution < -0.4 is 0 Å². The van der Waals surface area contributed by atoms with Crippen molar-refractivity contribution < 1.29 is 19.1 Å². The molecule has 1 fully saturated rings. The molecule has 0 bridgehead atoms. The normalized spacial score (nSPS) is 18.9. The molecule has 0 radical (unpaired) electrons. The van der Waals surface area contributed by atoms with E-state index in [1.807, 2.05) is 18.2 Å². The molecule has 1 saturated heterocycles. The summed E-state index contributed by atoms with van der Waals surface area (Å²) in [5.74, 6) is -1.33. The maximum Gasteiger partial charge on any atom is 0.308 e. The number of amides is 1. The molecule has 1 unspecified atom stereocenters. The number of halogens is 1. The van der Waals surface area contributed by atoms with Gasteiger partial charge in [-0.1, -0.05) is 12.1 Å². The number of hydrogen-bond acceptors (Lipinski definition) is 3. The minimum atomic E-state index is -0.847. The zero-order valence-corrected chi connectivity index (χ0v) is 12.8. The number of piperidine rings is 1. The highest BCUT2D eigenvalue weighted by atomic mass is 79.9. The summed E-state index contributed by atoms with van der Waals surface area (Å²) in [6, 6.07) is 7.29. The fraction of sp³-hybridized carbons (Fsp3) is 0.333. The van der Waals surface area contributed by atoms with Gasteiger partial charge < -0.3 is 14.4 Å². The molecule has 1 atom stereocenters. The maximum atomic E-state index is 12.5. The summed E-state index contributed by atoms with van der Waals surface area (Å²) >= 11 is 3.39. The molecule has 1 aliphatic rings. The number of rotatable bonds is 2. The smallest absolute Gasteiger partial charge is 0.308 e. The molecular weight excluding hydrogens is 338 g/mol. The van der Waals surface area contributed by atoms with Crippen LogP contribution in [0.4, 0.5) is 0 Å². The van der Waals surface area contributed by atoms with Gasteiger partial charge in [-0.3, -0.25) is 9.59 Å². The Morgan fingerprint density at radius 1 is 1.38 bits per heavy atom. The summed E-state index contributed by atoms with van der Waals surface area (Å²) in [6.45, 7) is 0.813. The van der Waals surface area contributed by atoms with Crippen LogP contribution in [-0.4, -0.2) is 35.0 Å². The third kappa shape index (κ3) is 2.68. The monoisotopic (exact) mass is 351 g/mol. The number of nitrogens with zero attached hydrogens (tertiary/aromatic N) is 1. The lowest BCUT2D eigenvalue weighted by Crippen LogP contribution is -2.42.